The number of rotatable bonds is 50. The van der Waals surface area contributed by atoms with E-state index in [9.17, 15) is 110 Å². The fourth-order valence-electron chi connectivity index (χ4n) is 7.68. The number of carbonyl (C=O) groups is 23. The molecule has 0 radical (unpaired) electrons. The van der Waals surface area contributed by atoms with E-state index in [-0.39, 0.29) is 105 Å². The lowest BCUT2D eigenvalue weighted by Crippen LogP contribution is -2.35. The first-order valence-electron chi connectivity index (χ1n) is 46.9. The monoisotopic (exact) mass is 2160 g/mol. The minimum absolute atomic E-state index is 0.0258. The largest absolute Gasteiger partial charge is 0.479 e. The van der Waals surface area contributed by atoms with Crippen molar-refractivity contribution in [2.75, 3.05) is 159 Å². The highest BCUT2D eigenvalue weighted by Gasteiger charge is 2.36. The normalized spacial score (nSPS) is 12.5. The summed E-state index contributed by atoms with van der Waals surface area (Å²) in [5.41, 5.74) is -5.19. The molecular formula is C99H170O50. The van der Waals surface area contributed by atoms with Crippen LogP contribution in [-0.4, -0.2) is 373 Å². The molecule has 0 saturated carbocycles. The summed E-state index contributed by atoms with van der Waals surface area (Å²) in [7, 11) is 0. The second-order valence-electron chi connectivity index (χ2n) is 40.4. The Morgan fingerprint density at radius 3 is 0.691 bits per heavy atom. The van der Waals surface area contributed by atoms with Gasteiger partial charge in [-0.1, -0.05) is 145 Å². The number of ether oxygens (including phenoxy) is 20. The van der Waals surface area contributed by atoms with Crippen LogP contribution in [0.1, 0.15) is 249 Å². The van der Waals surface area contributed by atoms with E-state index in [1.807, 2.05) is 20.8 Å². The van der Waals surface area contributed by atoms with Gasteiger partial charge in [-0.05, 0) is 104 Å². The molecule has 50 nitrogen and oxygen atoms in total. The summed E-state index contributed by atoms with van der Waals surface area (Å²) in [6.45, 7) is 55.7. The molecule has 0 bridgehead atoms. The molecule has 0 saturated heterocycles. The molecule has 0 rings (SSSR count). The fourth-order valence-corrected chi connectivity index (χ4v) is 7.68. The van der Waals surface area contributed by atoms with Gasteiger partial charge in [-0.25, -0.2) is 67.1 Å². The predicted octanol–water partition coefficient (Wildman–Crippen LogP) is 4.30. The van der Waals surface area contributed by atoms with Crippen LogP contribution < -0.4 is 0 Å². The van der Waals surface area contributed by atoms with Crippen molar-refractivity contribution in [3.8, 4) is 0 Å². The molecule has 0 aromatic heterocycles. The summed E-state index contributed by atoms with van der Waals surface area (Å²) in [5, 5.41) is 58.7. The number of carboxylic acid groups (broad SMARTS) is 1. The van der Waals surface area contributed by atoms with Gasteiger partial charge >= 0.3 is 95.5 Å². The lowest BCUT2D eigenvalue weighted by Gasteiger charge is -2.21. The van der Waals surface area contributed by atoms with Crippen molar-refractivity contribution < 1.29 is 241 Å². The van der Waals surface area contributed by atoms with Crippen LogP contribution in [0.3, 0.4) is 0 Å². The molecule has 7 unspecified atom stereocenters. The van der Waals surface area contributed by atoms with Crippen molar-refractivity contribution >= 4 is 136 Å². The van der Waals surface area contributed by atoms with Gasteiger partial charge in [0.2, 0.25) is 0 Å². The molecule has 7 atom stereocenters. The molecule has 866 valence electrons. The van der Waals surface area contributed by atoms with Gasteiger partial charge in [0.15, 0.2) is 129 Å². The van der Waals surface area contributed by atoms with E-state index in [1.54, 1.807) is 180 Å². The molecule has 0 aromatic rings. The predicted molar refractivity (Wildman–Crippen MR) is 522 cm³/mol. The van der Waals surface area contributed by atoms with E-state index in [2.05, 4.69) is 37.9 Å². The van der Waals surface area contributed by atoms with Gasteiger partial charge in [-0.3, -0.25) is 43.2 Å². The summed E-state index contributed by atoms with van der Waals surface area (Å²) >= 11 is 0. The number of carboxylic acids is 1. The molecule has 7 N–H and O–H groups in total. The summed E-state index contributed by atoms with van der Waals surface area (Å²) in [6.07, 6.45) is -7.05. The van der Waals surface area contributed by atoms with Gasteiger partial charge in [0.05, 0.1) is 57.1 Å². The molecular weight excluding hydrogens is 1990 g/mol. The third-order valence-electron chi connectivity index (χ3n) is 16.7. The molecule has 0 aliphatic rings. The highest BCUT2D eigenvalue weighted by Crippen LogP contribution is 2.24. The number of carbonyl (C=O) groups excluding carboxylic acids is 22. The minimum Gasteiger partial charge on any atom is -0.479 e. The Morgan fingerprint density at radius 2 is 0.436 bits per heavy atom. The second kappa shape index (κ2) is 80.7. The van der Waals surface area contributed by atoms with E-state index in [4.69, 9.17) is 92.6 Å². The first-order chi connectivity index (χ1) is 67.7. The van der Waals surface area contributed by atoms with Crippen LogP contribution in [0.15, 0.2) is 0 Å². The number of hydrogen-bond donors (Lipinski definition) is 7. The van der Waals surface area contributed by atoms with E-state index in [1.165, 1.54) is 48.5 Å². The Balaban J connectivity index is -0.000000212. The summed E-state index contributed by atoms with van der Waals surface area (Å²) < 4.78 is 94.6. The number of aliphatic carboxylic acids is 1. The van der Waals surface area contributed by atoms with Crippen LogP contribution in [-0.2, 0) is 205 Å². The number of hydrogen-bond acceptors (Lipinski definition) is 49. The minimum atomic E-state index is -1.14. The van der Waals surface area contributed by atoms with Crippen LogP contribution in [0.4, 0.5) is 0 Å². The number of esters is 15. The molecule has 0 amide bonds. The Labute approximate surface area is 872 Å². The zero-order valence-electron chi connectivity index (χ0n) is 93.7. The number of Topliss-reactive ketones (excluding diaryl/α,β-unsaturated/α-hetero) is 7. The molecule has 0 aliphatic carbocycles. The third kappa shape index (κ3) is 91.5. The van der Waals surface area contributed by atoms with Crippen molar-refractivity contribution in [1.29, 1.82) is 0 Å². The van der Waals surface area contributed by atoms with E-state index < -0.39 is 234 Å². The first-order valence-corrected chi connectivity index (χ1v) is 46.9. The van der Waals surface area contributed by atoms with Crippen LogP contribution in [0.25, 0.3) is 0 Å². The SMILES string of the molecule is CC(C)(C)C(=O)COCCOCCOCCO.CC(C)(C)C(=O)OCC(=O)OCCO.CC(OC(=O)C(C)(C)C)C(=O)O.CC(OC(=O)CO)C(=O)OCC(=O)C(C)(C)C.CC(OC(=O)CO)C(=O)OCC(=O)C(C)(C)C.CC(OC(=O)COC(=O)CO)C(=O)C(C)(C)C.CC(OC(=O)COC(=O)CO)C(=O)C(C)(C)C.CCOCC(=O)OC(C)C(=O)OCC(=O)C(C)(C)C.CCOCC(=O)OCC(=O)OC(C)C(=O)C(C)(C)C. The van der Waals surface area contributed by atoms with Crippen molar-refractivity contribution in [3.05, 3.63) is 0 Å². The topological polar surface area (TPSA) is 719 Å². The molecule has 0 aromatic carbocycles. The third-order valence-corrected chi connectivity index (χ3v) is 16.7. The number of aliphatic hydroxyl groups is 6. The van der Waals surface area contributed by atoms with Gasteiger partial charge in [0.25, 0.3) is 0 Å². The lowest BCUT2D eigenvalue weighted by molar-refractivity contribution is -0.170. The number of aliphatic hydroxyl groups excluding tert-OH is 6. The quantitative estimate of drug-likeness (QED) is 0.0253. The maximum absolute atomic E-state index is 11.8. The van der Waals surface area contributed by atoms with E-state index in [0.29, 0.717) is 46.2 Å². The zero-order valence-corrected chi connectivity index (χ0v) is 93.7. The summed E-state index contributed by atoms with van der Waals surface area (Å²) in [5.74, 6) is -13.7. The van der Waals surface area contributed by atoms with Gasteiger partial charge < -0.3 is 130 Å². The van der Waals surface area contributed by atoms with Crippen molar-refractivity contribution in [2.45, 2.75) is 292 Å². The molecule has 0 spiro atoms. The van der Waals surface area contributed by atoms with Gasteiger partial charge in [-0.2, -0.15) is 0 Å². The zero-order chi connectivity index (χ0) is 119. The Morgan fingerprint density at radius 1 is 0.201 bits per heavy atom. The Hall–Kier alpha value is -11.2. The van der Waals surface area contributed by atoms with Crippen LogP contribution in [0.5, 0.6) is 0 Å². The average Bonchev–Trinajstić information content (AvgIpc) is 0.872. The Bertz CT molecular complexity index is 3950. The van der Waals surface area contributed by atoms with E-state index >= 15 is 0 Å². The summed E-state index contributed by atoms with van der Waals surface area (Å²) in [6, 6.07) is 0. The van der Waals surface area contributed by atoms with Gasteiger partial charge in [0, 0.05) is 51.1 Å². The maximum atomic E-state index is 11.8. The highest BCUT2D eigenvalue weighted by molar-refractivity contribution is 5.93. The summed E-state index contributed by atoms with van der Waals surface area (Å²) in [4.78, 5) is 257. The van der Waals surface area contributed by atoms with Crippen LogP contribution in [0, 0.1) is 48.7 Å². The molecule has 0 aliphatic heterocycles. The molecule has 0 fully saturated rings. The molecule has 149 heavy (non-hydrogen) atoms. The van der Waals surface area contributed by atoms with Gasteiger partial charge in [0.1, 0.15) is 52.9 Å². The van der Waals surface area contributed by atoms with E-state index in [0.717, 1.165) is 0 Å². The molecule has 0 heterocycles. The lowest BCUT2D eigenvalue weighted by atomic mass is 9.88. The van der Waals surface area contributed by atoms with Crippen molar-refractivity contribution in [3.63, 3.8) is 0 Å². The maximum Gasteiger partial charge on any atom is 0.347 e. The standard InChI is InChI=1S/2C13H22O6.C12H24O5.4C11H18O6.C9H16O5.C8H14O4/c1-6-17-7-10(14)18-8-11(15)19-9(2)12(16)13(3,4)5;1-6-17-8-11(15)19-9(2)12(16)18-7-10(14)13(3,4)5;1-12(2,3)11(14)10-17-9-8-16-7-6-15-5-4-13;2*1-7(17-9(14)5-12)10(15)16-6-8(13)11(2,3)4;2*1-7(10(15)11(2,3)4)17-9(14)6-16-8(13)5-12;1-9(2,3)8(12)14-6-7(11)13-5-4-10;1-5(6(9)10)12-7(11)8(2,3)4/h2*9H,6-8H2,1-5H3;13H,4-10H2,1-3H3;4*7,12H,5-6H2,1-4H3;10H,4-6H2,1-3H3;5H,1-4H3,(H,9,10). The van der Waals surface area contributed by atoms with Crippen LogP contribution in [0.2, 0.25) is 0 Å². The fraction of sp³-hybridized carbons (Fsp3) is 0.768. The average molecular weight is 2160 g/mol. The smallest absolute Gasteiger partial charge is 0.347 e. The Kier molecular flexibility index (Phi) is 84.2. The second-order valence-corrected chi connectivity index (χ2v) is 40.4. The molecule has 50 heteroatoms. The van der Waals surface area contributed by atoms with Crippen molar-refractivity contribution in [1.82, 2.24) is 0 Å². The van der Waals surface area contributed by atoms with Gasteiger partial charge in [-0.15, -0.1) is 0 Å². The number of ketones is 7. The van der Waals surface area contributed by atoms with Crippen molar-refractivity contribution in [2.24, 2.45) is 48.7 Å². The highest BCUT2D eigenvalue weighted by atomic mass is 16.7. The first kappa shape index (κ1) is 155. The van der Waals surface area contributed by atoms with Crippen LogP contribution >= 0.6 is 0 Å².